The van der Waals surface area contributed by atoms with Crippen LogP contribution in [0.3, 0.4) is 0 Å². The fraction of sp³-hybridized carbons (Fsp3) is 0.353. The third-order valence-corrected chi connectivity index (χ3v) is 5.68. The van der Waals surface area contributed by atoms with Gasteiger partial charge in [0.05, 0.1) is 17.4 Å². The van der Waals surface area contributed by atoms with E-state index >= 15 is 0 Å². The minimum Gasteiger partial charge on any atom is -0.478 e. The van der Waals surface area contributed by atoms with Crippen LogP contribution in [0.4, 0.5) is 5.69 Å². The number of carbonyl (C=O) groups is 2. The van der Waals surface area contributed by atoms with Gasteiger partial charge < -0.3 is 10.4 Å². The molecule has 26 heavy (non-hydrogen) atoms. The zero-order valence-corrected chi connectivity index (χ0v) is 14.6. The fourth-order valence-corrected chi connectivity index (χ4v) is 4.31. The Hall–Kier alpha value is -2.68. The number of fused-ring (bicyclic) bond motifs is 2. The van der Waals surface area contributed by atoms with Gasteiger partial charge in [-0.25, -0.2) is 9.48 Å². The molecular weight excluding hydrogens is 354 g/mol. The number of allylic oxidation sites excluding steroid dienone is 2. The van der Waals surface area contributed by atoms with Crippen LogP contribution in [0.5, 0.6) is 0 Å². The van der Waals surface area contributed by atoms with Crippen LogP contribution >= 0.6 is 11.8 Å². The molecule has 1 fully saturated rings. The number of hydrogen-bond donors (Lipinski definition) is 2. The predicted octanol–water partition coefficient (Wildman–Crippen LogP) is 2.24. The van der Waals surface area contributed by atoms with Crippen molar-refractivity contribution >= 4 is 29.3 Å². The van der Waals surface area contributed by atoms with Gasteiger partial charge in [-0.15, -0.1) is 5.10 Å². The number of tetrazole rings is 1. The van der Waals surface area contributed by atoms with Crippen molar-refractivity contribution in [1.82, 2.24) is 20.2 Å². The van der Waals surface area contributed by atoms with Gasteiger partial charge in [-0.1, -0.05) is 30.0 Å². The van der Waals surface area contributed by atoms with Gasteiger partial charge in [0.25, 0.3) is 0 Å². The number of carbonyl (C=O) groups excluding carboxylic acids is 1. The lowest BCUT2D eigenvalue weighted by molar-refractivity contribution is -0.113. The number of rotatable bonds is 6. The molecule has 1 amide bonds. The first kappa shape index (κ1) is 16.8. The number of hydrogen-bond acceptors (Lipinski definition) is 6. The Labute approximate surface area is 153 Å². The number of carboxylic acid groups (broad SMARTS) is 1. The molecule has 1 aromatic carbocycles. The van der Waals surface area contributed by atoms with E-state index in [0.29, 0.717) is 22.7 Å². The Morgan fingerprint density at radius 2 is 2.19 bits per heavy atom. The van der Waals surface area contributed by atoms with Gasteiger partial charge in [-0.05, 0) is 53.3 Å². The van der Waals surface area contributed by atoms with E-state index in [4.69, 9.17) is 5.11 Å². The van der Waals surface area contributed by atoms with Crippen molar-refractivity contribution in [3.05, 3.63) is 42.0 Å². The molecule has 1 saturated carbocycles. The molecule has 0 aliphatic heterocycles. The number of aromatic nitrogens is 4. The quantitative estimate of drug-likeness (QED) is 0.592. The molecule has 0 saturated heterocycles. The summed E-state index contributed by atoms with van der Waals surface area (Å²) in [5, 5.41) is 24.3. The Bertz CT molecular complexity index is 881. The largest absolute Gasteiger partial charge is 0.478 e. The molecule has 134 valence electrons. The maximum Gasteiger partial charge on any atom is 0.335 e. The Morgan fingerprint density at radius 3 is 2.92 bits per heavy atom. The number of carboxylic acids is 1. The van der Waals surface area contributed by atoms with Crippen LogP contribution in [0.25, 0.3) is 0 Å². The highest BCUT2D eigenvalue weighted by Crippen LogP contribution is 2.46. The molecular formula is C17H17N5O3S. The molecule has 1 aromatic heterocycles. The van der Waals surface area contributed by atoms with Gasteiger partial charge in [0.15, 0.2) is 0 Å². The standard InChI is InChI=1S/C17H17N5O3S/c23-15(18-13-3-1-2-12(8-13)16(24)25)9-26-17-19-20-21-22(17)14-7-10-4-5-11(14)6-10/h1-5,8,10-11,14H,6-7,9H2,(H,18,23)(H,24,25). The highest BCUT2D eigenvalue weighted by molar-refractivity contribution is 7.99. The number of amides is 1. The van der Waals surface area contributed by atoms with E-state index in [1.165, 1.54) is 23.9 Å². The van der Waals surface area contributed by atoms with Gasteiger partial charge >= 0.3 is 5.97 Å². The van der Waals surface area contributed by atoms with Crippen molar-refractivity contribution in [3.8, 4) is 0 Å². The molecule has 2 aliphatic carbocycles. The normalized spacial score (nSPS) is 23.3. The van der Waals surface area contributed by atoms with E-state index in [9.17, 15) is 9.59 Å². The molecule has 2 N–H and O–H groups in total. The van der Waals surface area contributed by atoms with Crippen LogP contribution < -0.4 is 5.32 Å². The smallest absolute Gasteiger partial charge is 0.335 e. The second-order valence-electron chi connectivity index (χ2n) is 6.48. The summed E-state index contributed by atoms with van der Waals surface area (Å²) in [7, 11) is 0. The molecule has 0 radical (unpaired) electrons. The van der Waals surface area contributed by atoms with Gasteiger partial charge in [0.2, 0.25) is 11.1 Å². The van der Waals surface area contributed by atoms with Crippen LogP contribution in [-0.4, -0.2) is 42.9 Å². The first-order valence-electron chi connectivity index (χ1n) is 8.32. The van der Waals surface area contributed by atoms with E-state index in [2.05, 4.69) is 33.0 Å². The lowest BCUT2D eigenvalue weighted by Gasteiger charge is -2.18. The summed E-state index contributed by atoms with van der Waals surface area (Å²) in [5.74, 6) is -0.0456. The number of anilines is 1. The summed E-state index contributed by atoms with van der Waals surface area (Å²) >= 11 is 1.28. The number of nitrogens with zero attached hydrogens (tertiary/aromatic N) is 4. The second kappa shape index (κ2) is 6.91. The van der Waals surface area contributed by atoms with Gasteiger partial charge in [-0.2, -0.15) is 0 Å². The van der Waals surface area contributed by atoms with Crippen molar-refractivity contribution in [2.75, 3.05) is 11.1 Å². The van der Waals surface area contributed by atoms with Crippen LogP contribution in [0.2, 0.25) is 0 Å². The fourth-order valence-electron chi connectivity index (χ4n) is 3.58. The number of aromatic carboxylic acids is 1. The number of thioether (sulfide) groups is 1. The average molecular weight is 371 g/mol. The first-order valence-corrected chi connectivity index (χ1v) is 9.31. The van der Waals surface area contributed by atoms with E-state index < -0.39 is 5.97 Å². The van der Waals surface area contributed by atoms with Crippen molar-refractivity contribution in [3.63, 3.8) is 0 Å². The van der Waals surface area contributed by atoms with Crippen LogP contribution in [0, 0.1) is 11.8 Å². The van der Waals surface area contributed by atoms with E-state index in [1.54, 1.807) is 12.1 Å². The third kappa shape index (κ3) is 3.34. The van der Waals surface area contributed by atoms with Crippen LogP contribution in [-0.2, 0) is 4.79 Å². The van der Waals surface area contributed by atoms with Gasteiger partial charge in [-0.3, -0.25) is 4.79 Å². The third-order valence-electron chi connectivity index (χ3n) is 4.75. The van der Waals surface area contributed by atoms with Crippen molar-refractivity contribution in [1.29, 1.82) is 0 Å². The Morgan fingerprint density at radius 1 is 1.31 bits per heavy atom. The minimum absolute atomic E-state index is 0.128. The lowest BCUT2D eigenvalue weighted by Crippen LogP contribution is -2.18. The summed E-state index contributed by atoms with van der Waals surface area (Å²) in [6.07, 6.45) is 6.68. The van der Waals surface area contributed by atoms with E-state index in [0.717, 1.165) is 12.8 Å². The van der Waals surface area contributed by atoms with Crippen molar-refractivity contribution in [2.24, 2.45) is 11.8 Å². The maximum atomic E-state index is 12.2. The topological polar surface area (TPSA) is 110 Å². The molecule has 2 aromatic rings. The predicted molar refractivity (Wildman–Crippen MR) is 95.0 cm³/mol. The zero-order valence-electron chi connectivity index (χ0n) is 13.8. The zero-order chi connectivity index (χ0) is 18.1. The second-order valence-corrected chi connectivity index (χ2v) is 7.42. The summed E-state index contributed by atoms with van der Waals surface area (Å²) in [4.78, 5) is 23.2. The molecule has 4 rings (SSSR count). The molecule has 0 spiro atoms. The molecule has 2 aliphatic rings. The summed E-state index contributed by atoms with van der Waals surface area (Å²) in [6.45, 7) is 0. The molecule has 1 heterocycles. The lowest BCUT2D eigenvalue weighted by atomic mass is 10.0. The van der Waals surface area contributed by atoms with Crippen LogP contribution in [0.1, 0.15) is 29.2 Å². The van der Waals surface area contributed by atoms with Crippen LogP contribution in [0.15, 0.2) is 41.6 Å². The van der Waals surface area contributed by atoms with Crippen molar-refractivity contribution < 1.29 is 14.7 Å². The average Bonchev–Trinajstić information content (AvgIpc) is 3.36. The summed E-state index contributed by atoms with van der Waals surface area (Å²) in [5.41, 5.74) is 0.581. The maximum absolute atomic E-state index is 12.2. The highest BCUT2D eigenvalue weighted by Gasteiger charge is 2.38. The minimum atomic E-state index is -1.03. The Balaban J connectivity index is 1.37. The SMILES string of the molecule is O=C(CSc1nnnn1C1CC2C=CC1C2)Nc1cccc(C(=O)O)c1. The summed E-state index contributed by atoms with van der Waals surface area (Å²) in [6, 6.07) is 6.41. The van der Waals surface area contributed by atoms with Crippen molar-refractivity contribution in [2.45, 2.75) is 24.0 Å². The molecule has 2 bridgehead atoms. The first-order chi connectivity index (χ1) is 12.6. The Kier molecular flexibility index (Phi) is 4.46. The monoisotopic (exact) mass is 371 g/mol. The highest BCUT2D eigenvalue weighted by atomic mass is 32.2. The number of benzene rings is 1. The van der Waals surface area contributed by atoms with E-state index in [-0.39, 0.29) is 23.3 Å². The van der Waals surface area contributed by atoms with Gasteiger partial charge in [0.1, 0.15) is 0 Å². The molecule has 3 unspecified atom stereocenters. The van der Waals surface area contributed by atoms with Gasteiger partial charge in [0, 0.05) is 5.69 Å². The molecule has 3 atom stereocenters. The number of nitrogens with one attached hydrogen (secondary N) is 1. The van der Waals surface area contributed by atoms with E-state index in [1.807, 2.05) is 4.68 Å². The molecule has 8 nitrogen and oxygen atoms in total. The molecule has 9 heteroatoms. The summed E-state index contributed by atoms with van der Waals surface area (Å²) < 4.78 is 1.83.